The molecule has 1 aromatic carbocycles. The van der Waals surface area contributed by atoms with Gasteiger partial charge in [0, 0.05) is 29.7 Å². The van der Waals surface area contributed by atoms with Crippen LogP contribution in [0.5, 0.6) is 11.6 Å². The number of rotatable bonds is 5. The number of pyridine rings is 1. The van der Waals surface area contributed by atoms with Gasteiger partial charge >= 0.3 is 0 Å². The zero-order chi connectivity index (χ0) is 17.6. The Morgan fingerprint density at radius 2 is 1.84 bits per heavy atom. The molecule has 0 fully saturated rings. The molecule has 3 rings (SSSR count). The Morgan fingerprint density at radius 3 is 2.60 bits per heavy atom. The number of benzene rings is 1. The molecule has 3 aromatic rings. The third kappa shape index (κ3) is 3.64. The highest BCUT2D eigenvalue weighted by molar-refractivity contribution is 5.65. The first-order chi connectivity index (χ1) is 12.2. The number of hydrogen-bond donors (Lipinski definition) is 1. The van der Waals surface area contributed by atoms with Crippen molar-refractivity contribution in [1.29, 1.82) is 5.26 Å². The maximum absolute atomic E-state index is 9.23. The van der Waals surface area contributed by atoms with Gasteiger partial charge in [-0.1, -0.05) is 0 Å². The third-order valence-electron chi connectivity index (χ3n) is 3.47. The van der Waals surface area contributed by atoms with Gasteiger partial charge in [-0.3, -0.25) is 0 Å². The monoisotopic (exact) mass is 333 g/mol. The molecular weight excluding hydrogens is 318 g/mol. The summed E-state index contributed by atoms with van der Waals surface area (Å²) >= 11 is 0. The number of nitriles is 1. The highest BCUT2D eigenvalue weighted by Gasteiger charge is 2.08. The molecule has 1 N–H and O–H groups in total. The number of nitrogens with one attached hydrogen (secondary N) is 1. The van der Waals surface area contributed by atoms with Crippen LogP contribution in [0, 0.1) is 11.3 Å². The van der Waals surface area contributed by atoms with E-state index in [1.54, 1.807) is 49.8 Å². The fraction of sp³-hybridized carbons (Fsp3) is 0.111. The minimum absolute atomic E-state index is 0.431. The molecule has 124 valence electrons. The van der Waals surface area contributed by atoms with Gasteiger partial charge in [-0.2, -0.15) is 5.26 Å². The normalized spacial score (nSPS) is 9.96. The molecule has 0 amide bonds. The van der Waals surface area contributed by atoms with Crippen LogP contribution in [-0.4, -0.2) is 29.2 Å². The van der Waals surface area contributed by atoms with Crippen molar-refractivity contribution >= 4 is 11.6 Å². The average Bonchev–Trinajstić information content (AvgIpc) is 2.67. The van der Waals surface area contributed by atoms with Gasteiger partial charge in [-0.15, -0.1) is 0 Å². The maximum atomic E-state index is 9.23. The van der Waals surface area contributed by atoms with Crippen LogP contribution in [0.4, 0.5) is 11.6 Å². The lowest BCUT2D eigenvalue weighted by Gasteiger charge is -2.08. The van der Waals surface area contributed by atoms with Crippen LogP contribution in [0.25, 0.3) is 11.3 Å². The van der Waals surface area contributed by atoms with Gasteiger partial charge in [0.05, 0.1) is 25.5 Å². The van der Waals surface area contributed by atoms with Crippen molar-refractivity contribution in [2.45, 2.75) is 0 Å². The Labute approximate surface area is 144 Å². The molecule has 0 saturated heterocycles. The molecule has 0 unspecified atom stereocenters. The lowest BCUT2D eigenvalue weighted by atomic mass is 10.1. The molecule has 2 heterocycles. The summed E-state index contributed by atoms with van der Waals surface area (Å²) < 4.78 is 10.3. The van der Waals surface area contributed by atoms with Crippen molar-refractivity contribution < 1.29 is 9.47 Å². The van der Waals surface area contributed by atoms with E-state index < -0.39 is 0 Å². The molecule has 25 heavy (non-hydrogen) atoms. The van der Waals surface area contributed by atoms with Gasteiger partial charge in [0.15, 0.2) is 0 Å². The number of anilines is 2. The highest BCUT2D eigenvalue weighted by atomic mass is 16.5. The van der Waals surface area contributed by atoms with E-state index in [9.17, 15) is 5.26 Å². The molecule has 0 aliphatic carbocycles. The summed E-state index contributed by atoms with van der Waals surface area (Å²) in [5, 5.41) is 12.3. The minimum atomic E-state index is 0.431. The van der Waals surface area contributed by atoms with E-state index in [1.165, 1.54) is 7.11 Å². The molecule has 0 atom stereocenters. The van der Waals surface area contributed by atoms with E-state index >= 15 is 0 Å². The quantitative estimate of drug-likeness (QED) is 0.766. The minimum Gasteiger partial charge on any atom is -0.495 e. The summed E-state index contributed by atoms with van der Waals surface area (Å²) in [7, 11) is 3.09. The summed E-state index contributed by atoms with van der Waals surface area (Å²) in [6, 6.07) is 12.8. The number of methoxy groups -OCH3 is 2. The van der Waals surface area contributed by atoms with Crippen LogP contribution >= 0.6 is 0 Å². The Kier molecular flexibility index (Phi) is 4.72. The molecule has 0 bridgehead atoms. The largest absolute Gasteiger partial charge is 0.495 e. The maximum Gasteiger partial charge on any atom is 0.227 e. The van der Waals surface area contributed by atoms with E-state index in [0.29, 0.717) is 28.8 Å². The molecule has 0 aliphatic rings. The lowest BCUT2D eigenvalue weighted by Crippen LogP contribution is -1.99. The molecule has 0 aliphatic heterocycles. The van der Waals surface area contributed by atoms with Crippen LogP contribution in [0.2, 0.25) is 0 Å². The van der Waals surface area contributed by atoms with Crippen LogP contribution in [0.15, 0.2) is 48.8 Å². The molecule has 7 heteroatoms. The van der Waals surface area contributed by atoms with Crippen molar-refractivity contribution in [3.8, 4) is 29.0 Å². The van der Waals surface area contributed by atoms with Crippen LogP contribution < -0.4 is 14.8 Å². The summed E-state index contributed by atoms with van der Waals surface area (Å²) in [6.07, 6.45) is 3.28. The molecule has 0 spiro atoms. The fourth-order valence-corrected chi connectivity index (χ4v) is 2.26. The number of aromatic nitrogens is 3. The topological polar surface area (TPSA) is 92.9 Å². The van der Waals surface area contributed by atoms with Crippen molar-refractivity contribution in [2.75, 3.05) is 19.5 Å². The van der Waals surface area contributed by atoms with Crippen molar-refractivity contribution in [3.63, 3.8) is 0 Å². The Morgan fingerprint density at radius 1 is 1.00 bits per heavy atom. The predicted octanol–water partition coefficient (Wildman–Crippen LogP) is 3.17. The predicted molar refractivity (Wildman–Crippen MR) is 92.8 cm³/mol. The molecule has 7 nitrogen and oxygen atoms in total. The zero-order valence-electron chi connectivity index (χ0n) is 13.7. The average molecular weight is 333 g/mol. The van der Waals surface area contributed by atoms with E-state index in [0.717, 1.165) is 11.3 Å². The summed E-state index contributed by atoms with van der Waals surface area (Å²) in [6.45, 7) is 0. The molecular formula is C18H15N5O2. The van der Waals surface area contributed by atoms with Gasteiger partial charge in [-0.25, -0.2) is 15.0 Å². The number of ether oxygens (including phenoxy) is 2. The van der Waals surface area contributed by atoms with E-state index in [4.69, 9.17) is 9.47 Å². The lowest BCUT2D eigenvalue weighted by molar-refractivity contribution is 0.398. The first kappa shape index (κ1) is 16.2. The van der Waals surface area contributed by atoms with Crippen LogP contribution in [0.1, 0.15) is 5.56 Å². The Bertz CT molecular complexity index is 937. The van der Waals surface area contributed by atoms with Gasteiger partial charge in [-0.05, 0) is 30.3 Å². The molecule has 0 radical (unpaired) electrons. The first-order valence-electron chi connectivity index (χ1n) is 7.42. The Hall–Kier alpha value is -3.66. The molecule has 0 saturated carbocycles. The van der Waals surface area contributed by atoms with E-state index in [-0.39, 0.29) is 0 Å². The van der Waals surface area contributed by atoms with E-state index in [1.807, 2.05) is 6.07 Å². The second-order valence-corrected chi connectivity index (χ2v) is 5.00. The van der Waals surface area contributed by atoms with Gasteiger partial charge in [0.25, 0.3) is 0 Å². The Balaban J connectivity index is 1.90. The fourth-order valence-electron chi connectivity index (χ4n) is 2.26. The van der Waals surface area contributed by atoms with Gasteiger partial charge < -0.3 is 14.8 Å². The summed E-state index contributed by atoms with van der Waals surface area (Å²) in [5.41, 5.74) is 2.70. The van der Waals surface area contributed by atoms with Crippen molar-refractivity contribution in [3.05, 3.63) is 54.4 Å². The van der Waals surface area contributed by atoms with Gasteiger partial charge in [0.2, 0.25) is 11.8 Å². The third-order valence-corrected chi connectivity index (χ3v) is 3.47. The standard InChI is InChI=1S/C18H15N5O2/c1-24-16-4-3-12(9-13(16)11-19)15-6-8-21-18(23-15)22-14-5-7-20-17(10-14)25-2/h3-10H,1-2H3,(H,20,21,22,23). The number of hydrogen-bond acceptors (Lipinski definition) is 7. The van der Waals surface area contributed by atoms with E-state index in [2.05, 4.69) is 26.3 Å². The number of nitrogens with zero attached hydrogens (tertiary/aromatic N) is 4. The van der Waals surface area contributed by atoms with Crippen LogP contribution in [-0.2, 0) is 0 Å². The first-order valence-corrected chi connectivity index (χ1v) is 7.42. The van der Waals surface area contributed by atoms with Gasteiger partial charge in [0.1, 0.15) is 11.8 Å². The second-order valence-electron chi connectivity index (χ2n) is 5.00. The summed E-state index contributed by atoms with van der Waals surface area (Å²) in [4.78, 5) is 12.8. The zero-order valence-corrected chi connectivity index (χ0v) is 13.7. The highest BCUT2D eigenvalue weighted by Crippen LogP contribution is 2.26. The second kappa shape index (κ2) is 7.27. The SMILES string of the molecule is COc1cc(Nc2nccc(-c3ccc(OC)c(C#N)c3)n2)ccn1. The smallest absolute Gasteiger partial charge is 0.227 e. The van der Waals surface area contributed by atoms with Crippen molar-refractivity contribution in [1.82, 2.24) is 15.0 Å². The van der Waals surface area contributed by atoms with Crippen molar-refractivity contribution in [2.24, 2.45) is 0 Å². The van der Waals surface area contributed by atoms with Crippen LogP contribution in [0.3, 0.4) is 0 Å². The molecule has 2 aromatic heterocycles. The summed E-state index contributed by atoms with van der Waals surface area (Å²) in [5.74, 6) is 1.46.